The number of aromatic nitrogens is 3. The van der Waals surface area contributed by atoms with E-state index in [-0.39, 0.29) is 17.7 Å². The number of nitrogens with one attached hydrogen (secondary N) is 1. The maximum Gasteiger partial charge on any atom is 0.434 e. The smallest absolute Gasteiger partial charge is 0.434 e. The first-order chi connectivity index (χ1) is 14.8. The molecular formula is C20H21F3N4O3S. The van der Waals surface area contributed by atoms with Crippen molar-refractivity contribution in [3.63, 3.8) is 0 Å². The van der Waals surface area contributed by atoms with Crippen molar-refractivity contribution in [2.75, 3.05) is 19.0 Å². The van der Waals surface area contributed by atoms with Crippen LogP contribution in [0.1, 0.15) is 47.2 Å². The Balaban J connectivity index is 1.56. The zero-order valence-electron chi connectivity index (χ0n) is 16.6. The minimum Gasteiger partial charge on any atom is -0.494 e. The normalized spacial score (nSPS) is 19.5. The highest BCUT2D eigenvalue weighted by atomic mass is 32.1. The minimum atomic E-state index is -4.60. The van der Waals surface area contributed by atoms with Gasteiger partial charge in [0.25, 0.3) is 5.91 Å². The topological polar surface area (TPSA) is 89.3 Å². The Morgan fingerprint density at radius 3 is 2.68 bits per heavy atom. The SMILES string of the molecule is COc1cc2nn(C3CCC(CO)CC3)cc2cc1NC(=O)c1nc(C(F)(F)F)cs1. The fraction of sp³-hybridized carbons (Fsp3) is 0.450. The van der Waals surface area contributed by atoms with Crippen molar-refractivity contribution < 1.29 is 27.8 Å². The first-order valence-electron chi connectivity index (χ1n) is 9.80. The van der Waals surface area contributed by atoms with Gasteiger partial charge in [-0.15, -0.1) is 11.3 Å². The first kappa shape index (κ1) is 21.6. The Bertz CT molecular complexity index is 1090. The third-order valence-corrected chi connectivity index (χ3v) is 6.37. The largest absolute Gasteiger partial charge is 0.494 e. The molecule has 1 amide bonds. The van der Waals surface area contributed by atoms with Crippen LogP contribution in [-0.2, 0) is 6.18 Å². The standard InChI is InChI=1S/C20H21F3N4O3S/c1-30-16-7-14-12(8-27(26-14)13-4-2-11(9-28)3-5-13)6-15(16)24-18(29)19-25-17(10-31-19)20(21,22)23/h6-8,10-11,13,28H,2-5,9H2,1H3,(H,24,29). The minimum absolute atomic E-state index is 0.206. The number of rotatable bonds is 5. The molecule has 0 aliphatic heterocycles. The van der Waals surface area contributed by atoms with E-state index in [9.17, 15) is 23.1 Å². The number of amides is 1. The van der Waals surface area contributed by atoms with Crippen LogP contribution in [0.5, 0.6) is 5.75 Å². The molecule has 31 heavy (non-hydrogen) atoms. The first-order valence-corrected chi connectivity index (χ1v) is 10.7. The number of benzene rings is 1. The van der Waals surface area contributed by atoms with Crippen molar-refractivity contribution in [3.05, 3.63) is 34.4 Å². The Morgan fingerprint density at radius 2 is 2.06 bits per heavy atom. The highest BCUT2D eigenvalue weighted by Crippen LogP contribution is 2.35. The van der Waals surface area contributed by atoms with E-state index in [2.05, 4.69) is 15.4 Å². The molecule has 0 atom stereocenters. The second kappa shape index (κ2) is 8.46. The van der Waals surface area contributed by atoms with Gasteiger partial charge in [-0.25, -0.2) is 4.98 Å². The molecule has 1 aromatic carbocycles. The molecule has 0 saturated heterocycles. The highest BCUT2D eigenvalue weighted by Gasteiger charge is 2.34. The molecule has 1 aliphatic rings. The fourth-order valence-electron chi connectivity index (χ4n) is 3.80. The second-order valence-corrected chi connectivity index (χ2v) is 8.43. The Labute approximate surface area is 179 Å². The molecule has 3 aromatic rings. The number of anilines is 1. The molecule has 0 spiro atoms. The lowest BCUT2D eigenvalue weighted by Crippen LogP contribution is -2.20. The van der Waals surface area contributed by atoms with E-state index in [1.54, 1.807) is 12.1 Å². The van der Waals surface area contributed by atoms with Crippen molar-refractivity contribution in [2.24, 2.45) is 5.92 Å². The van der Waals surface area contributed by atoms with Crippen LogP contribution in [0.15, 0.2) is 23.7 Å². The predicted octanol–water partition coefficient (Wildman–Crippen LogP) is 4.50. The van der Waals surface area contributed by atoms with Crippen LogP contribution in [0.3, 0.4) is 0 Å². The molecule has 1 aliphatic carbocycles. The molecule has 2 aromatic heterocycles. The summed E-state index contributed by atoms with van der Waals surface area (Å²) in [5.41, 5.74) is -0.0812. The molecule has 11 heteroatoms. The Kier molecular flexibility index (Phi) is 5.89. The van der Waals surface area contributed by atoms with E-state index >= 15 is 0 Å². The molecular weight excluding hydrogens is 433 g/mol. The van der Waals surface area contributed by atoms with E-state index in [4.69, 9.17) is 4.74 Å². The van der Waals surface area contributed by atoms with E-state index in [1.165, 1.54) is 7.11 Å². The number of fused-ring (bicyclic) bond motifs is 1. The highest BCUT2D eigenvalue weighted by molar-refractivity contribution is 7.11. The fourth-order valence-corrected chi connectivity index (χ4v) is 4.52. The lowest BCUT2D eigenvalue weighted by atomic mass is 9.87. The summed E-state index contributed by atoms with van der Waals surface area (Å²) in [5.74, 6) is -0.0533. The summed E-state index contributed by atoms with van der Waals surface area (Å²) >= 11 is 0.627. The lowest BCUT2D eigenvalue weighted by Gasteiger charge is -2.27. The quantitative estimate of drug-likeness (QED) is 0.593. The van der Waals surface area contributed by atoms with Crippen LogP contribution < -0.4 is 10.1 Å². The molecule has 4 rings (SSSR count). The van der Waals surface area contributed by atoms with Crippen LogP contribution in [0.25, 0.3) is 10.9 Å². The van der Waals surface area contributed by atoms with E-state index < -0.39 is 17.8 Å². The predicted molar refractivity (Wildman–Crippen MR) is 109 cm³/mol. The Hall–Kier alpha value is -2.66. The second-order valence-electron chi connectivity index (χ2n) is 7.57. The van der Waals surface area contributed by atoms with E-state index in [0.717, 1.165) is 36.4 Å². The van der Waals surface area contributed by atoms with Gasteiger partial charge in [0.15, 0.2) is 10.7 Å². The van der Waals surface area contributed by atoms with Crippen LogP contribution in [0.4, 0.5) is 18.9 Å². The average Bonchev–Trinajstić information content (AvgIpc) is 3.40. The zero-order chi connectivity index (χ0) is 22.2. The summed E-state index contributed by atoms with van der Waals surface area (Å²) in [7, 11) is 1.44. The third-order valence-electron chi connectivity index (χ3n) is 5.53. The molecule has 0 radical (unpaired) electrons. The van der Waals surface area contributed by atoms with E-state index in [0.29, 0.717) is 34.2 Å². The number of alkyl halides is 3. The maximum atomic E-state index is 12.8. The third kappa shape index (κ3) is 4.52. The Morgan fingerprint density at radius 1 is 1.32 bits per heavy atom. The van der Waals surface area contributed by atoms with Gasteiger partial charge >= 0.3 is 6.18 Å². The molecule has 2 heterocycles. The van der Waals surface area contributed by atoms with Gasteiger partial charge in [-0.2, -0.15) is 18.3 Å². The molecule has 1 saturated carbocycles. The number of carbonyl (C=O) groups excluding carboxylic acids is 1. The number of ether oxygens (including phenoxy) is 1. The summed E-state index contributed by atoms with van der Waals surface area (Å²) in [6.07, 6.45) is 1.01. The zero-order valence-corrected chi connectivity index (χ0v) is 17.5. The summed E-state index contributed by atoms with van der Waals surface area (Å²) in [4.78, 5) is 15.8. The number of carbonyl (C=O) groups is 1. The van der Waals surface area contributed by atoms with Crippen molar-refractivity contribution in [3.8, 4) is 5.75 Å². The van der Waals surface area contributed by atoms with Gasteiger partial charge in [0.2, 0.25) is 0 Å². The van der Waals surface area contributed by atoms with Gasteiger partial charge in [-0.1, -0.05) is 0 Å². The number of nitrogens with zero attached hydrogens (tertiary/aromatic N) is 3. The molecule has 0 bridgehead atoms. The van der Waals surface area contributed by atoms with Gasteiger partial charge in [0, 0.05) is 29.6 Å². The van der Waals surface area contributed by atoms with Crippen LogP contribution in [-0.4, -0.2) is 39.5 Å². The van der Waals surface area contributed by atoms with Gasteiger partial charge in [-0.3, -0.25) is 9.48 Å². The maximum absolute atomic E-state index is 12.8. The monoisotopic (exact) mass is 454 g/mol. The summed E-state index contributed by atoms with van der Waals surface area (Å²) in [6, 6.07) is 3.60. The molecule has 2 N–H and O–H groups in total. The van der Waals surface area contributed by atoms with E-state index in [1.807, 2.05) is 10.9 Å². The number of halogens is 3. The van der Waals surface area contributed by atoms with Crippen molar-refractivity contribution in [2.45, 2.75) is 37.9 Å². The van der Waals surface area contributed by atoms with Crippen LogP contribution in [0.2, 0.25) is 0 Å². The van der Waals surface area contributed by atoms with Crippen LogP contribution >= 0.6 is 11.3 Å². The number of hydrogen-bond acceptors (Lipinski definition) is 6. The van der Waals surface area contributed by atoms with Crippen molar-refractivity contribution >= 4 is 33.8 Å². The van der Waals surface area contributed by atoms with Crippen molar-refractivity contribution in [1.82, 2.24) is 14.8 Å². The molecule has 0 unspecified atom stereocenters. The van der Waals surface area contributed by atoms with Crippen molar-refractivity contribution in [1.29, 1.82) is 0 Å². The molecule has 7 nitrogen and oxygen atoms in total. The number of aliphatic hydroxyl groups is 1. The summed E-state index contributed by atoms with van der Waals surface area (Å²) < 4.78 is 45.5. The summed E-state index contributed by atoms with van der Waals surface area (Å²) in [5, 5.41) is 17.8. The number of aliphatic hydroxyl groups excluding tert-OH is 1. The lowest BCUT2D eigenvalue weighted by molar-refractivity contribution is -0.140. The van der Waals surface area contributed by atoms with Gasteiger partial charge in [0.05, 0.1) is 24.4 Å². The van der Waals surface area contributed by atoms with Gasteiger partial charge in [0.1, 0.15) is 5.75 Å². The summed E-state index contributed by atoms with van der Waals surface area (Å²) in [6.45, 7) is 0.206. The van der Waals surface area contributed by atoms with Gasteiger partial charge in [-0.05, 0) is 37.7 Å². The number of hydrogen-bond donors (Lipinski definition) is 2. The van der Waals surface area contributed by atoms with Crippen LogP contribution in [0, 0.1) is 5.92 Å². The number of thiazole rings is 1. The molecule has 166 valence electrons. The number of methoxy groups -OCH3 is 1. The van der Waals surface area contributed by atoms with Gasteiger partial charge < -0.3 is 15.2 Å². The molecule has 1 fully saturated rings. The average molecular weight is 454 g/mol.